The Morgan fingerprint density at radius 3 is 2.76 bits per heavy atom. The third-order valence-corrected chi connectivity index (χ3v) is 7.18. The molecule has 8 nitrogen and oxygen atoms in total. The molecule has 0 saturated carbocycles. The Bertz CT molecular complexity index is 1110. The summed E-state index contributed by atoms with van der Waals surface area (Å²) >= 11 is 0. The quantitative estimate of drug-likeness (QED) is 0.688. The van der Waals surface area contributed by atoms with Gasteiger partial charge < -0.3 is 5.32 Å². The first kappa shape index (κ1) is 19.5. The molecule has 1 amide bonds. The van der Waals surface area contributed by atoms with Gasteiger partial charge in [-0.1, -0.05) is 36.4 Å². The Balaban J connectivity index is 1.50. The van der Waals surface area contributed by atoms with Crippen molar-refractivity contribution in [1.82, 2.24) is 19.9 Å². The highest BCUT2D eigenvalue weighted by atomic mass is 32.2. The van der Waals surface area contributed by atoms with Crippen molar-refractivity contribution >= 4 is 27.0 Å². The van der Waals surface area contributed by atoms with Gasteiger partial charge in [-0.25, -0.2) is 13.0 Å². The van der Waals surface area contributed by atoms with Crippen molar-refractivity contribution in [3.8, 4) is 0 Å². The van der Waals surface area contributed by atoms with Gasteiger partial charge in [0.2, 0.25) is 15.9 Å². The first-order chi connectivity index (χ1) is 14.0. The molecule has 0 aliphatic carbocycles. The monoisotopic (exact) mass is 414 g/mol. The van der Waals surface area contributed by atoms with E-state index in [2.05, 4.69) is 20.3 Å². The molecule has 1 aliphatic heterocycles. The summed E-state index contributed by atoms with van der Waals surface area (Å²) in [6.07, 6.45) is 1.26. The van der Waals surface area contributed by atoms with Crippen LogP contribution in [-0.4, -0.2) is 42.0 Å². The second-order valence-electron chi connectivity index (χ2n) is 7.23. The highest BCUT2D eigenvalue weighted by molar-refractivity contribution is 7.89. The van der Waals surface area contributed by atoms with Gasteiger partial charge in [0.15, 0.2) is 5.52 Å². The Hall–Kier alpha value is -2.78. The number of carbonyl (C=O) groups is 1. The average molecular weight is 414 g/mol. The van der Waals surface area contributed by atoms with E-state index in [0.29, 0.717) is 24.9 Å². The number of amides is 1. The number of benzene rings is 2. The summed E-state index contributed by atoms with van der Waals surface area (Å²) in [5.41, 5.74) is 1.59. The molecule has 2 atom stereocenters. The van der Waals surface area contributed by atoms with Gasteiger partial charge >= 0.3 is 0 Å². The van der Waals surface area contributed by atoms with Crippen LogP contribution < -0.4 is 5.32 Å². The van der Waals surface area contributed by atoms with Crippen LogP contribution in [0.5, 0.6) is 0 Å². The molecule has 0 radical (unpaired) electrons. The zero-order valence-electron chi connectivity index (χ0n) is 16.0. The fourth-order valence-electron chi connectivity index (χ4n) is 3.66. The number of rotatable bonds is 5. The predicted molar refractivity (Wildman–Crippen MR) is 106 cm³/mol. The van der Waals surface area contributed by atoms with Crippen LogP contribution in [0.3, 0.4) is 0 Å². The van der Waals surface area contributed by atoms with Crippen LogP contribution in [0.1, 0.15) is 31.4 Å². The summed E-state index contributed by atoms with van der Waals surface area (Å²) in [5.74, 6) is -0.540. The molecule has 1 fully saturated rings. The van der Waals surface area contributed by atoms with Crippen molar-refractivity contribution in [3.05, 3.63) is 54.1 Å². The summed E-state index contributed by atoms with van der Waals surface area (Å²) in [6.45, 7) is 2.42. The SMILES string of the molecule is C[C@H](NC(=O)[C@@H]1CCCN(S(=O)(=O)c2cccc3nonc23)C1)c1ccccc1. The molecule has 2 aromatic carbocycles. The van der Waals surface area contributed by atoms with Gasteiger partial charge in [0.25, 0.3) is 0 Å². The first-order valence-corrected chi connectivity index (χ1v) is 11.0. The van der Waals surface area contributed by atoms with E-state index in [4.69, 9.17) is 0 Å². The molecule has 0 unspecified atom stereocenters. The van der Waals surface area contributed by atoms with Crippen molar-refractivity contribution in [3.63, 3.8) is 0 Å². The van der Waals surface area contributed by atoms with Crippen LogP contribution >= 0.6 is 0 Å². The lowest BCUT2D eigenvalue weighted by molar-refractivity contribution is -0.126. The predicted octanol–water partition coefficient (Wildman–Crippen LogP) is 2.50. The standard InChI is InChI=1S/C20H22N4O4S/c1-14(15-7-3-2-4-8-15)21-20(25)16-9-6-12-24(13-16)29(26,27)18-11-5-10-17-19(18)23-28-22-17/h2-5,7-8,10-11,14,16H,6,9,12-13H2,1H3,(H,21,25)/t14-,16+/m0/s1. The van der Waals surface area contributed by atoms with Crippen LogP contribution in [0.2, 0.25) is 0 Å². The van der Waals surface area contributed by atoms with E-state index in [-0.39, 0.29) is 28.9 Å². The Labute approximate surface area is 168 Å². The van der Waals surface area contributed by atoms with Crippen LogP contribution in [0, 0.1) is 5.92 Å². The molecule has 4 rings (SSSR count). The van der Waals surface area contributed by atoms with Crippen molar-refractivity contribution in [2.75, 3.05) is 13.1 Å². The maximum Gasteiger partial charge on any atom is 0.245 e. The van der Waals surface area contributed by atoms with Crippen molar-refractivity contribution in [2.24, 2.45) is 5.92 Å². The largest absolute Gasteiger partial charge is 0.349 e. The third kappa shape index (κ3) is 3.88. The topological polar surface area (TPSA) is 105 Å². The minimum Gasteiger partial charge on any atom is -0.349 e. The number of nitrogens with one attached hydrogen (secondary N) is 1. The molecule has 9 heteroatoms. The maximum absolute atomic E-state index is 13.2. The third-order valence-electron chi connectivity index (χ3n) is 5.28. The Morgan fingerprint density at radius 1 is 1.17 bits per heavy atom. The zero-order valence-corrected chi connectivity index (χ0v) is 16.8. The molecule has 1 aliphatic rings. The number of hydrogen-bond acceptors (Lipinski definition) is 6. The lowest BCUT2D eigenvalue weighted by Gasteiger charge is -2.31. The van der Waals surface area contributed by atoms with Crippen LogP contribution in [0.4, 0.5) is 0 Å². The van der Waals surface area contributed by atoms with E-state index < -0.39 is 15.9 Å². The van der Waals surface area contributed by atoms with E-state index >= 15 is 0 Å². The van der Waals surface area contributed by atoms with Crippen molar-refractivity contribution < 1.29 is 17.8 Å². The fraction of sp³-hybridized carbons (Fsp3) is 0.350. The first-order valence-electron chi connectivity index (χ1n) is 9.53. The van der Waals surface area contributed by atoms with E-state index in [1.54, 1.807) is 12.1 Å². The number of nitrogens with zero attached hydrogens (tertiary/aromatic N) is 3. The van der Waals surface area contributed by atoms with E-state index in [1.165, 1.54) is 10.4 Å². The molecule has 1 saturated heterocycles. The molecule has 3 aromatic rings. The van der Waals surface area contributed by atoms with Gasteiger partial charge in [0, 0.05) is 13.1 Å². The molecule has 0 spiro atoms. The molecular weight excluding hydrogens is 392 g/mol. The Morgan fingerprint density at radius 2 is 1.97 bits per heavy atom. The number of sulfonamides is 1. The minimum atomic E-state index is -3.81. The summed E-state index contributed by atoms with van der Waals surface area (Å²) in [4.78, 5) is 12.8. The van der Waals surface area contributed by atoms with Crippen LogP contribution in [0.25, 0.3) is 11.0 Å². The molecule has 1 N–H and O–H groups in total. The Kier molecular flexibility index (Phi) is 5.33. The molecule has 2 heterocycles. The van der Waals surface area contributed by atoms with E-state index in [1.807, 2.05) is 37.3 Å². The number of hydrogen-bond donors (Lipinski definition) is 1. The average Bonchev–Trinajstić information content (AvgIpc) is 3.23. The van der Waals surface area contributed by atoms with Gasteiger partial charge in [0.05, 0.1) is 12.0 Å². The highest BCUT2D eigenvalue weighted by Crippen LogP contribution is 2.28. The molecule has 1 aromatic heterocycles. The minimum absolute atomic E-state index is 0.0509. The van der Waals surface area contributed by atoms with E-state index in [9.17, 15) is 13.2 Å². The van der Waals surface area contributed by atoms with Gasteiger partial charge in [-0.15, -0.1) is 0 Å². The summed E-state index contributed by atoms with van der Waals surface area (Å²) in [6, 6.07) is 14.3. The number of carbonyl (C=O) groups excluding carboxylic acids is 1. The van der Waals surface area contributed by atoms with Crippen molar-refractivity contribution in [1.29, 1.82) is 0 Å². The molecular formula is C20H22N4O4S. The zero-order chi connectivity index (χ0) is 20.4. The summed E-state index contributed by atoms with van der Waals surface area (Å²) < 4.78 is 32.4. The number of aromatic nitrogens is 2. The van der Waals surface area contributed by atoms with Crippen LogP contribution in [-0.2, 0) is 14.8 Å². The fourth-order valence-corrected chi connectivity index (χ4v) is 5.32. The molecule has 152 valence electrons. The van der Waals surface area contributed by atoms with Gasteiger partial charge in [0.1, 0.15) is 10.4 Å². The second-order valence-corrected chi connectivity index (χ2v) is 9.14. The number of piperidine rings is 1. The van der Waals surface area contributed by atoms with E-state index in [0.717, 1.165) is 5.56 Å². The van der Waals surface area contributed by atoms with Crippen molar-refractivity contribution in [2.45, 2.75) is 30.7 Å². The van der Waals surface area contributed by atoms with Gasteiger partial charge in [-0.3, -0.25) is 4.79 Å². The second kappa shape index (κ2) is 7.92. The summed E-state index contributed by atoms with van der Waals surface area (Å²) in [7, 11) is -3.81. The normalized spacial score (nSPS) is 19.1. The highest BCUT2D eigenvalue weighted by Gasteiger charge is 2.35. The van der Waals surface area contributed by atoms with Crippen LogP contribution in [0.15, 0.2) is 58.1 Å². The molecule has 0 bridgehead atoms. The van der Waals surface area contributed by atoms with Gasteiger partial charge in [-0.2, -0.15) is 4.31 Å². The summed E-state index contributed by atoms with van der Waals surface area (Å²) in [5, 5.41) is 10.5. The maximum atomic E-state index is 13.2. The lowest BCUT2D eigenvalue weighted by Crippen LogP contribution is -2.45. The van der Waals surface area contributed by atoms with Gasteiger partial charge in [-0.05, 0) is 47.8 Å². The molecule has 29 heavy (non-hydrogen) atoms. The lowest BCUT2D eigenvalue weighted by atomic mass is 9.98. The smallest absolute Gasteiger partial charge is 0.245 e. The number of fused-ring (bicyclic) bond motifs is 1.